The smallest absolute Gasteiger partial charge is 0.275 e. The number of hydrogen-bond acceptors (Lipinski definition) is 7. The van der Waals surface area contributed by atoms with E-state index in [0.717, 1.165) is 76.3 Å². The van der Waals surface area contributed by atoms with Crippen molar-refractivity contribution in [3.8, 4) is 51.4 Å². The fourth-order valence-electron chi connectivity index (χ4n) is 6.68. The number of para-hydroxylation sites is 4. The summed E-state index contributed by atoms with van der Waals surface area (Å²) in [6, 6.07) is 19.9. The summed E-state index contributed by atoms with van der Waals surface area (Å²) in [4.78, 5) is 0. The van der Waals surface area contributed by atoms with Gasteiger partial charge in [-0.2, -0.15) is 0 Å². The molecule has 0 fully saturated rings. The molecule has 4 aromatic carbocycles. The van der Waals surface area contributed by atoms with Crippen molar-refractivity contribution in [2.75, 3.05) is 14.2 Å². The normalized spacial score (nSPS) is 12.7. The van der Waals surface area contributed by atoms with Crippen LogP contribution in [0.5, 0.6) is 40.2 Å². The molecule has 312 valence electrons. The third kappa shape index (κ3) is 10.3. The Morgan fingerprint density at radius 1 is 0.456 bits per heavy atom. The van der Waals surface area contributed by atoms with E-state index in [9.17, 15) is 0 Å². The van der Waals surface area contributed by atoms with Gasteiger partial charge >= 0.3 is 0 Å². The number of methoxy groups -OCH3 is 2. The molecule has 0 saturated heterocycles. The molecular weight excluding hydrogens is 750 g/mol. The summed E-state index contributed by atoms with van der Waals surface area (Å²) in [5, 5.41) is 0. The Hall–Kier alpha value is -3.66. The molecule has 0 heterocycles. The van der Waals surface area contributed by atoms with Crippen LogP contribution in [0.25, 0.3) is 11.1 Å². The van der Waals surface area contributed by atoms with Crippen molar-refractivity contribution in [3.63, 3.8) is 0 Å². The molecule has 2 atom stereocenters. The Kier molecular flexibility index (Phi) is 15.3. The van der Waals surface area contributed by atoms with Crippen LogP contribution < -0.4 is 32.3 Å². The molecule has 4 aromatic rings. The molecule has 9 heteroatoms. The lowest BCUT2D eigenvalue weighted by Crippen LogP contribution is -2.28. The highest BCUT2D eigenvalue weighted by atomic mass is 31.1. The Balaban J connectivity index is 2.17. The zero-order valence-electron chi connectivity index (χ0n) is 37.5. The minimum absolute atomic E-state index is 0.139. The van der Waals surface area contributed by atoms with Crippen molar-refractivity contribution in [1.29, 1.82) is 0 Å². The van der Waals surface area contributed by atoms with Gasteiger partial charge in [0.25, 0.3) is 18.1 Å². The lowest BCUT2D eigenvalue weighted by atomic mass is 9.71. The molecular formula is C48H68O7P2. The first-order valence-corrected chi connectivity index (χ1v) is 22.0. The molecule has 0 aliphatic heterocycles. The number of ether oxygens (including phenoxy) is 3. The Labute approximate surface area is 347 Å². The van der Waals surface area contributed by atoms with Gasteiger partial charge < -0.3 is 32.3 Å². The lowest BCUT2D eigenvalue weighted by Gasteiger charge is -2.36. The molecule has 0 aliphatic rings. The summed E-state index contributed by atoms with van der Waals surface area (Å²) >= 11 is 0. The summed E-state index contributed by atoms with van der Waals surface area (Å²) in [6.07, 6.45) is 3.56. The first-order valence-electron chi connectivity index (χ1n) is 20.3. The Morgan fingerprint density at radius 2 is 0.842 bits per heavy atom. The van der Waals surface area contributed by atoms with E-state index in [1.165, 1.54) is 5.56 Å². The number of rotatable bonds is 20. The molecule has 0 aromatic heterocycles. The van der Waals surface area contributed by atoms with Gasteiger partial charge in [0.2, 0.25) is 0 Å². The summed E-state index contributed by atoms with van der Waals surface area (Å²) < 4.78 is 45.0. The predicted octanol–water partition coefficient (Wildman–Crippen LogP) is 14.6. The molecule has 57 heavy (non-hydrogen) atoms. The van der Waals surface area contributed by atoms with Gasteiger partial charge in [0.1, 0.15) is 22.8 Å². The zero-order chi connectivity index (χ0) is 42.3. The fraction of sp³-hybridized carbons (Fsp3) is 0.500. The van der Waals surface area contributed by atoms with Gasteiger partial charge in [-0.15, -0.1) is 0 Å². The van der Waals surface area contributed by atoms with Gasteiger partial charge in [-0.1, -0.05) is 99.6 Å². The van der Waals surface area contributed by atoms with E-state index in [-0.39, 0.29) is 34.3 Å². The monoisotopic (exact) mass is 818 g/mol. The molecule has 0 saturated carbocycles. The third-order valence-corrected chi connectivity index (χ3v) is 13.3. The molecule has 2 unspecified atom stereocenters. The minimum Gasteiger partial charge on any atom is -0.493 e. The van der Waals surface area contributed by atoms with Gasteiger partial charge in [0, 0.05) is 27.8 Å². The van der Waals surface area contributed by atoms with E-state index in [1.807, 2.05) is 48.5 Å². The molecule has 4 rings (SSSR count). The average molecular weight is 819 g/mol. The molecule has 0 aliphatic carbocycles. The number of hydrogen-bond donors (Lipinski definition) is 0. The molecule has 0 N–H and O–H groups in total. The van der Waals surface area contributed by atoms with Gasteiger partial charge in [-0.3, -0.25) is 0 Å². The predicted molar refractivity (Wildman–Crippen MR) is 241 cm³/mol. The van der Waals surface area contributed by atoms with Gasteiger partial charge in [-0.05, 0) is 111 Å². The zero-order valence-corrected chi connectivity index (χ0v) is 39.5. The maximum absolute atomic E-state index is 7.03. The molecule has 7 nitrogen and oxygen atoms in total. The second kappa shape index (κ2) is 18.9. The quantitative estimate of drug-likeness (QED) is 0.0823. The largest absolute Gasteiger partial charge is 0.493 e. The lowest BCUT2D eigenvalue weighted by molar-refractivity contribution is 0.104. The van der Waals surface area contributed by atoms with Crippen molar-refractivity contribution < 1.29 is 32.3 Å². The maximum atomic E-state index is 7.03. The third-order valence-electron chi connectivity index (χ3n) is 12.1. The van der Waals surface area contributed by atoms with Crippen molar-refractivity contribution in [1.82, 2.24) is 0 Å². The summed E-state index contributed by atoms with van der Waals surface area (Å²) in [6.45, 7) is 31.3. The Morgan fingerprint density at radius 3 is 1.25 bits per heavy atom. The molecule has 0 amide bonds. The van der Waals surface area contributed by atoms with E-state index in [2.05, 4.69) is 109 Å². The Bertz CT molecular complexity index is 1980. The minimum atomic E-state index is -0.410. The second-order valence-corrected chi connectivity index (χ2v) is 18.5. The van der Waals surface area contributed by atoms with Crippen molar-refractivity contribution in [2.45, 2.75) is 144 Å². The van der Waals surface area contributed by atoms with Crippen LogP contribution in [0.3, 0.4) is 0 Å². The topological polar surface area (TPSA) is 64.6 Å². The highest BCUT2D eigenvalue weighted by Gasteiger charge is 2.37. The highest BCUT2D eigenvalue weighted by Crippen LogP contribution is 2.56. The second-order valence-electron chi connectivity index (χ2n) is 17.4. The highest BCUT2D eigenvalue weighted by molar-refractivity contribution is 7.27. The summed E-state index contributed by atoms with van der Waals surface area (Å²) in [5.74, 6) is 4.89. The van der Waals surface area contributed by atoms with E-state index < -0.39 is 5.60 Å². The van der Waals surface area contributed by atoms with Crippen molar-refractivity contribution in [2.24, 2.45) is 0 Å². The van der Waals surface area contributed by atoms with Crippen LogP contribution in [0.15, 0.2) is 60.7 Å². The SMILES string of the molecule is CCC(C)(C)Oc1cc(C(C)(C)CC)c(OPOc2ccccc2OC)c(-c2c(C)c(C(C)(C)CC)cc(C(C)(C)CC)c2OPOc2ccccc2OC)c1C. The molecule has 0 spiro atoms. The van der Waals surface area contributed by atoms with E-state index in [1.54, 1.807) is 14.2 Å². The van der Waals surface area contributed by atoms with E-state index in [4.69, 9.17) is 32.3 Å². The maximum Gasteiger partial charge on any atom is 0.275 e. The van der Waals surface area contributed by atoms with Crippen LogP contribution in [0.2, 0.25) is 0 Å². The van der Waals surface area contributed by atoms with Gasteiger partial charge in [0.05, 0.1) is 14.2 Å². The first kappa shape index (κ1) is 46.0. The van der Waals surface area contributed by atoms with Gasteiger partial charge in [-0.25, -0.2) is 0 Å². The van der Waals surface area contributed by atoms with Crippen LogP contribution in [-0.4, -0.2) is 19.8 Å². The van der Waals surface area contributed by atoms with Crippen LogP contribution in [0.1, 0.15) is 137 Å². The fourth-order valence-corrected chi connectivity index (χ4v) is 7.87. The average Bonchev–Trinajstić information content (AvgIpc) is 3.19. The summed E-state index contributed by atoms with van der Waals surface area (Å²) in [5.41, 5.74) is 6.34. The molecule has 0 radical (unpaired) electrons. The van der Waals surface area contributed by atoms with Crippen molar-refractivity contribution >= 4 is 18.1 Å². The van der Waals surface area contributed by atoms with E-state index >= 15 is 0 Å². The molecule has 0 bridgehead atoms. The number of benzene rings is 4. The standard InChI is InChI=1S/C48H68O7P2/c1-17-45(7,8)33-29-34(46(9,10)18-2)43(54-56-52-38-27-23-21-25-36(38)49-15)41(31(33)5)42-32(6)40(51-48(13,14)20-4)30-35(47(11,12)19-3)44(42)55-57-53-39-28-24-22-26-37(39)50-16/h21-30,56-57H,17-20H2,1-16H3. The summed E-state index contributed by atoms with van der Waals surface area (Å²) in [7, 11) is 2.58. The van der Waals surface area contributed by atoms with Crippen LogP contribution in [-0.2, 0) is 16.2 Å². The van der Waals surface area contributed by atoms with E-state index in [0.29, 0.717) is 23.0 Å². The van der Waals surface area contributed by atoms with Crippen LogP contribution in [0.4, 0.5) is 0 Å². The van der Waals surface area contributed by atoms with Crippen LogP contribution >= 0.6 is 18.1 Å². The first-order chi connectivity index (χ1) is 26.8. The van der Waals surface area contributed by atoms with Crippen LogP contribution in [0, 0.1) is 13.8 Å². The van der Waals surface area contributed by atoms with Gasteiger partial charge in [0.15, 0.2) is 23.0 Å². The van der Waals surface area contributed by atoms with Crippen molar-refractivity contribution in [3.05, 3.63) is 88.5 Å².